The first-order chi connectivity index (χ1) is 13.2. The largest absolute Gasteiger partial charge is 0.365 e. The maximum absolute atomic E-state index is 10.7. The average molecular weight is 387 g/mol. The van der Waals surface area contributed by atoms with Gasteiger partial charge in [0.2, 0.25) is 0 Å². The summed E-state index contributed by atoms with van der Waals surface area (Å²) in [6.07, 6.45) is 5.10. The molecule has 0 saturated carbocycles. The molecular weight excluding hydrogens is 366 g/mol. The summed E-state index contributed by atoms with van der Waals surface area (Å²) in [5, 5.41) is 4.44. The van der Waals surface area contributed by atoms with Gasteiger partial charge in [-0.2, -0.15) is 4.21 Å². The van der Waals surface area contributed by atoms with Crippen LogP contribution in [0.3, 0.4) is 0 Å². The number of hydrogen-bond acceptors (Lipinski definition) is 5. The van der Waals surface area contributed by atoms with Crippen molar-refractivity contribution in [3.8, 4) is 0 Å². The predicted octanol–water partition coefficient (Wildman–Crippen LogP) is 3.48. The number of ether oxygens (including phenoxy) is 1. The van der Waals surface area contributed by atoms with Gasteiger partial charge < -0.3 is 14.6 Å². The molecule has 0 aliphatic carbocycles. The van der Waals surface area contributed by atoms with Crippen LogP contribution in [0.15, 0.2) is 54.9 Å². The molecule has 1 saturated heterocycles. The molecule has 1 aliphatic rings. The first kappa shape index (κ1) is 18.1. The van der Waals surface area contributed by atoms with Crippen LogP contribution in [0.2, 0.25) is 0 Å². The van der Waals surface area contributed by atoms with E-state index < -0.39 is 11.4 Å². The molecule has 2 aromatic heterocycles. The molecule has 3 atom stereocenters. The highest BCUT2D eigenvalue weighted by molar-refractivity contribution is 7.74. The van der Waals surface area contributed by atoms with Crippen molar-refractivity contribution in [1.82, 2.24) is 9.55 Å². The van der Waals surface area contributed by atoms with E-state index in [1.165, 1.54) is 5.56 Å². The predicted molar refractivity (Wildman–Crippen MR) is 103 cm³/mol. The Kier molecular flexibility index (Phi) is 5.49. The molecule has 142 valence electrons. The van der Waals surface area contributed by atoms with Crippen LogP contribution >= 0.6 is 0 Å². The second-order valence-corrected chi connectivity index (χ2v) is 7.12. The van der Waals surface area contributed by atoms with Crippen molar-refractivity contribution in [1.29, 1.82) is 0 Å². The Bertz CT molecular complexity index is 931. The van der Waals surface area contributed by atoms with E-state index in [1.807, 2.05) is 36.5 Å². The van der Waals surface area contributed by atoms with E-state index in [1.54, 1.807) is 6.20 Å². The fourth-order valence-corrected chi connectivity index (χ4v) is 3.68. The van der Waals surface area contributed by atoms with E-state index in [9.17, 15) is 4.21 Å². The second-order valence-electron chi connectivity index (χ2n) is 6.45. The summed E-state index contributed by atoms with van der Waals surface area (Å²) < 4.78 is 32.2. The average Bonchev–Trinajstić information content (AvgIpc) is 3.32. The summed E-state index contributed by atoms with van der Waals surface area (Å²) in [6.45, 7) is 0.819. The fourth-order valence-electron chi connectivity index (χ4n) is 3.41. The zero-order valence-corrected chi connectivity index (χ0v) is 15.5. The first-order valence-electron chi connectivity index (χ1n) is 8.83. The van der Waals surface area contributed by atoms with Gasteiger partial charge >= 0.3 is 11.4 Å². The third-order valence-electron chi connectivity index (χ3n) is 4.70. The highest BCUT2D eigenvalue weighted by Gasteiger charge is 2.28. The SMILES string of the molecule is O=S(O)OCC1CCC(n2ccc3c(NCc4ccccc4)nccc32)O1. The van der Waals surface area contributed by atoms with E-state index in [0.29, 0.717) is 6.54 Å². The van der Waals surface area contributed by atoms with Gasteiger partial charge in [-0.1, -0.05) is 30.3 Å². The number of pyridine rings is 1. The highest BCUT2D eigenvalue weighted by atomic mass is 32.2. The molecule has 0 spiro atoms. The smallest absolute Gasteiger partial charge is 0.301 e. The van der Waals surface area contributed by atoms with Gasteiger partial charge in [0.25, 0.3) is 0 Å². The fraction of sp³-hybridized carbons (Fsp3) is 0.316. The minimum Gasteiger partial charge on any atom is -0.365 e. The molecule has 3 aromatic rings. The zero-order chi connectivity index (χ0) is 18.6. The Balaban J connectivity index is 1.48. The minimum absolute atomic E-state index is 0.115. The molecule has 8 heteroatoms. The van der Waals surface area contributed by atoms with Crippen LogP contribution in [0.25, 0.3) is 10.9 Å². The van der Waals surface area contributed by atoms with Crippen molar-refractivity contribution in [2.75, 3.05) is 11.9 Å². The third kappa shape index (κ3) is 4.19. The van der Waals surface area contributed by atoms with Gasteiger partial charge in [-0.3, -0.25) is 8.74 Å². The van der Waals surface area contributed by atoms with Crippen molar-refractivity contribution in [2.24, 2.45) is 0 Å². The minimum atomic E-state index is -2.26. The van der Waals surface area contributed by atoms with E-state index >= 15 is 0 Å². The summed E-state index contributed by atoms with van der Waals surface area (Å²) in [5.41, 5.74) is 2.23. The molecule has 3 unspecified atom stereocenters. The number of aromatic nitrogens is 2. The molecule has 7 nitrogen and oxygen atoms in total. The van der Waals surface area contributed by atoms with Crippen LogP contribution in [0, 0.1) is 0 Å². The van der Waals surface area contributed by atoms with Gasteiger partial charge in [-0.05, 0) is 30.5 Å². The summed E-state index contributed by atoms with van der Waals surface area (Å²) in [7, 11) is 0. The first-order valence-corrected chi connectivity index (χ1v) is 9.87. The maximum atomic E-state index is 10.7. The number of anilines is 1. The molecule has 4 rings (SSSR count). The van der Waals surface area contributed by atoms with Crippen LogP contribution in [0.5, 0.6) is 0 Å². The van der Waals surface area contributed by atoms with E-state index in [-0.39, 0.29) is 18.9 Å². The third-order valence-corrected chi connectivity index (χ3v) is 5.04. The molecule has 1 fully saturated rings. The van der Waals surface area contributed by atoms with Gasteiger partial charge in [0.15, 0.2) is 0 Å². The van der Waals surface area contributed by atoms with Crippen molar-refractivity contribution >= 4 is 28.1 Å². The molecule has 3 heterocycles. The van der Waals surface area contributed by atoms with Crippen LogP contribution < -0.4 is 5.32 Å². The molecule has 27 heavy (non-hydrogen) atoms. The van der Waals surface area contributed by atoms with E-state index in [4.69, 9.17) is 13.5 Å². The Hall–Kier alpha value is -2.26. The Labute approximate surface area is 159 Å². The summed E-state index contributed by atoms with van der Waals surface area (Å²) in [4.78, 5) is 4.48. The van der Waals surface area contributed by atoms with Crippen LogP contribution in [-0.2, 0) is 26.8 Å². The molecule has 0 amide bonds. The molecule has 0 bridgehead atoms. The molecule has 0 radical (unpaired) electrons. The highest BCUT2D eigenvalue weighted by Crippen LogP contribution is 2.33. The van der Waals surface area contributed by atoms with Crippen LogP contribution in [0.1, 0.15) is 24.6 Å². The van der Waals surface area contributed by atoms with E-state index in [0.717, 1.165) is 29.6 Å². The van der Waals surface area contributed by atoms with Gasteiger partial charge in [0.05, 0.1) is 18.2 Å². The normalized spacial score (nSPS) is 20.8. The van der Waals surface area contributed by atoms with Crippen LogP contribution in [-0.4, -0.2) is 31.0 Å². The lowest BCUT2D eigenvalue weighted by Crippen LogP contribution is -2.17. The second kappa shape index (κ2) is 8.18. The van der Waals surface area contributed by atoms with Gasteiger partial charge in [-0.15, -0.1) is 0 Å². The van der Waals surface area contributed by atoms with Crippen molar-refractivity contribution in [2.45, 2.75) is 31.7 Å². The number of rotatable bonds is 7. The number of fused-ring (bicyclic) bond motifs is 1. The monoisotopic (exact) mass is 387 g/mol. The number of benzene rings is 1. The number of nitrogens with one attached hydrogen (secondary N) is 1. The lowest BCUT2D eigenvalue weighted by Gasteiger charge is -2.16. The quantitative estimate of drug-likeness (QED) is 0.604. The Morgan fingerprint density at radius 2 is 2.11 bits per heavy atom. The molecular formula is C19H21N3O4S. The van der Waals surface area contributed by atoms with Crippen molar-refractivity contribution in [3.05, 3.63) is 60.4 Å². The van der Waals surface area contributed by atoms with Gasteiger partial charge in [-0.25, -0.2) is 4.98 Å². The van der Waals surface area contributed by atoms with Gasteiger partial charge in [0.1, 0.15) is 12.0 Å². The van der Waals surface area contributed by atoms with Crippen molar-refractivity contribution < 1.29 is 17.7 Å². The van der Waals surface area contributed by atoms with Crippen molar-refractivity contribution in [3.63, 3.8) is 0 Å². The Morgan fingerprint density at radius 1 is 1.26 bits per heavy atom. The number of hydrogen-bond donors (Lipinski definition) is 2. The van der Waals surface area contributed by atoms with E-state index in [2.05, 4.69) is 27.0 Å². The maximum Gasteiger partial charge on any atom is 0.301 e. The lowest BCUT2D eigenvalue weighted by molar-refractivity contribution is -0.0146. The lowest BCUT2D eigenvalue weighted by atomic mass is 10.2. The zero-order valence-electron chi connectivity index (χ0n) is 14.7. The topological polar surface area (TPSA) is 85.6 Å². The van der Waals surface area contributed by atoms with Gasteiger partial charge in [0, 0.05) is 24.3 Å². The molecule has 1 aromatic carbocycles. The number of nitrogens with zero attached hydrogens (tertiary/aromatic N) is 2. The summed E-state index contributed by atoms with van der Waals surface area (Å²) in [6, 6.07) is 14.2. The molecule has 1 aliphatic heterocycles. The summed E-state index contributed by atoms with van der Waals surface area (Å²) in [5.74, 6) is 0.837. The van der Waals surface area contributed by atoms with Crippen LogP contribution in [0.4, 0.5) is 5.82 Å². The standard InChI is InChI=1S/C19H21N3O4S/c23-27(24)25-13-15-6-7-18(26-15)22-11-9-16-17(22)8-10-20-19(16)21-12-14-4-2-1-3-5-14/h1-5,8-11,15,18H,6-7,12-13H2,(H,20,21)(H,23,24). The summed E-state index contributed by atoms with van der Waals surface area (Å²) >= 11 is -2.26. The Morgan fingerprint density at radius 3 is 2.93 bits per heavy atom. The molecule has 2 N–H and O–H groups in total.